The standard InChI is InChI=1S/C19H42N4/c1-5-22(6-2)16-10-9-14-20-18-12-13-19(18)21-15-11-17-23(7-3)8-4/h18-21H,5-17H2,1-4H3. The third-order valence-corrected chi connectivity index (χ3v) is 5.43. The summed E-state index contributed by atoms with van der Waals surface area (Å²) in [5.41, 5.74) is 0. The van der Waals surface area contributed by atoms with Gasteiger partial charge in [-0.1, -0.05) is 27.7 Å². The average molecular weight is 327 g/mol. The van der Waals surface area contributed by atoms with Crippen LogP contribution in [-0.4, -0.2) is 74.2 Å². The van der Waals surface area contributed by atoms with Gasteiger partial charge in [0.2, 0.25) is 0 Å². The molecule has 1 saturated carbocycles. The van der Waals surface area contributed by atoms with Crippen molar-refractivity contribution >= 4 is 0 Å². The minimum absolute atomic E-state index is 0.717. The number of hydrogen-bond donors (Lipinski definition) is 2. The number of nitrogens with one attached hydrogen (secondary N) is 2. The van der Waals surface area contributed by atoms with E-state index in [4.69, 9.17) is 0 Å². The van der Waals surface area contributed by atoms with E-state index in [9.17, 15) is 0 Å². The molecule has 2 unspecified atom stereocenters. The summed E-state index contributed by atoms with van der Waals surface area (Å²) in [6.07, 6.45) is 6.60. The maximum absolute atomic E-state index is 3.76. The first-order valence-electron chi connectivity index (χ1n) is 10.2. The Balaban J connectivity index is 1.98. The molecule has 0 bridgehead atoms. The van der Waals surface area contributed by atoms with Gasteiger partial charge in [-0.05, 0) is 84.5 Å². The second-order valence-corrected chi connectivity index (χ2v) is 6.81. The van der Waals surface area contributed by atoms with Crippen molar-refractivity contribution in [2.45, 2.75) is 71.9 Å². The lowest BCUT2D eigenvalue weighted by Gasteiger charge is -2.38. The van der Waals surface area contributed by atoms with E-state index < -0.39 is 0 Å². The lowest BCUT2D eigenvalue weighted by molar-refractivity contribution is 0.228. The van der Waals surface area contributed by atoms with Gasteiger partial charge < -0.3 is 20.4 Å². The monoisotopic (exact) mass is 326 g/mol. The van der Waals surface area contributed by atoms with Gasteiger partial charge in [-0.2, -0.15) is 0 Å². The molecule has 0 spiro atoms. The van der Waals surface area contributed by atoms with Crippen LogP contribution >= 0.6 is 0 Å². The number of unbranched alkanes of at least 4 members (excludes halogenated alkanes) is 1. The largest absolute Gasteiger partial charge is 0.312 e. The second-order valence-electron chi connectivity index (χ2n) is 6.81. The van der Waals surface area contributed by atoms with Gasteiger partial charge in [0.05, 0.1) is 0 Å². The zero-order chi connectivity index (χ0) is 16.9. The smallest absolute Gasteiger partial charge is 0.0221 e. The summed E-state index contributed by atoms with van der Waals surface area (Å²) in [5, 5.41) is 7.51. The molecule has 4 nitrogen and oxygen atoms in total. The maximum Gasteiger partial charge on any atom is 0.0221 e. The molecule has 1 rings (SSSR count). The molecule has 138 valence electrons. The fourth-order valence-electron chi connectivity index (χ4n) is 3.41. The van der Waals surface area contributed by atoms with Crippen LogP contribution in [0.25, 0.3) is 0 Å². The van der Waals surface area contributed by atoms with Crippen LogP contribution in [-0.2, 0) is 0 Å². The summed E-state index contributed by atoms with van der Waals surface area (Å²) in [4.78, 5) is 5.03. The van der Waals surface area contributed by atoms with Crippen molar-refractivity contribution in [1.29, 1.82) is 0 Å². The molecule has 0 radical (unpaired) electrons. The van der Waals surface area contributed by atoms with E-state index in [1.807, 2.05) is 0 Å². The van der Waals surface area contributed by atoms with E-state index in [-0.39, 0.29) is 0 Å². The first-order valence-corrected chi connectivity index (χ1v) is 10.2. The highest BCUT2D eigenvalue weighted by Crippen LogP contribution is 2.19. The van der Waals surface area contributed by atoms with E-state index in [1.54, 1.807) is 0 Å². The molecule has 0 aromatic rings. The highest BCUT2D eigenvalue weighted by Gasteiger charge is 2.29. The highest BCUT2D eigenvalue weighted by molar-refractivity contribution is 4.92. The molecule has 1 fully saturated rings. The van der Waals surface area contributed by atoms with Gasteiger partial charge in [0, 0.05) is 12.1 Å². The van der Waals surface area contributed by atoms with E-state index in [0.717, 1.165) is 12.1 Å². The SMILES string of the molecule is CCN(CC)CCCCNC1CCC1NCCCN(CC)CC. The molecular formula is C19H42N4. The minimum atomic E-state index is 0.717. The number of hydrogen-bond acceptors (Lipinski definition) is 4. The Labute approximate surface area is 145 Å². The Bertz CT molecular complexity index is 264. The molecule has 2 atom stereocenters. The van der Waals surface area contributed by atoms with Crippen molar-refractivity contribution in [3.05, 3.63) is 0 Å². The molecule has 2 N–H and O–H groups in total. The summed E-state index contributed by atoms with van der Waals surface area (Å²) in [6, 6.07) is 1.44. The predicted molar refractivity (Wildman–Crippen MR) is 102 cm³/mol. The first-order chi connectivity index (χ1) is 11.2. The zero-order valence-corrected chi connectivity index (χ0v) is 16.2. The summed E-state index contributed by atoms with van der Waals surface area (Å²) in [5.74, 6) is 0. The molecule has 1 aliphatic rings. The van der Waals surface area contributed by atoms with Crippen LogP contribution in [0.2, 0.25) is 0 Å². The fraction of sp³-hybridized carbons (Fsp3) is 1.00. The lowest BCUT2D eigenvalue weighted by atomic mass is 9.86. The van der Waals surface area contributed by atoms with Crippen LogP contribution in [0.3, 0.4) is 0 Å². The van der Waals surface area contributed by atoms with Crippen molar-refractivity contribution < 1.29 is 0 Å². The Morgan fingerprint density at radius 3 is 1.52 bits per heavy atom. The van der Waals surface area contributed by atoms with Gasteiger partial charge >= 0.3 is 0 Å². The van der Waals surface area contributed by atoms with E-state index >= 15 is 0 Å². The third kappa shape index (κ3) is 8.48. The molecule has 0 aromatic carbocycles. The molecular weight excluding hydrogens is 284 g/mol. The van der Waals surface area contributed by atoms with Crippen molar-refractivity contribution in [2.24, 2.45) is 0 Å². The van der Waals surface area contributed by atoms with Gasteiger partial charge in [-0.3, -0.25) is 0 Å². The maximum atomic E-state index is 3.76. The summed E-state index contributed by atoms with van der Waals surface area (Å²) in [6.45, 7) is 18.6. The van der Waals surface area contributed by atoms with Gasteiger partial charge in [0.25, 0.3) is 0 Å². The molecule has 0 saturated heterocycles. The molecule has 0 amide bonds. The van der Waals surface area contributed by atoms with Crippen molar-refractivity contribution in [3.8, 4) is 0 Å². The predicted octanol–water partition coefficient (Wildman–Crippen LogP) is 2.55. The molecule has 0 aliphatic heterocycles. The Morgan fingerprint density at radius 1 is 0.652 bits per heavy atom. The summed E-state index contributed by atoms with van der Waals surface area (Å²) in [7, 11) is 0. The van der Waals surface area contributed by atoms with Gasteiger partial charge in [0.1, 0.15) is 0 Å². The third-order valence-electron chi connectivity index (χ3n) is 5.43. The second kappa shape index (κ2) is 13.2. The molecule has 0 aromatic heterocycles. The van der Waals surface area contributed by atoms with Crippen LogP contribution in [0, 0.1) is 0 Å². The molecule has 23 heavy (non-hydrogen) atoms. The molecule has 0 heterocycles. The van der Waals surface area contributed by atoms with Gasteiger partial charge in [-0.25, -0.2) is 0 Å². The first kappa shape index (κ1) is 20.9. The van der Waals surface area contributed by atoms with Crippen molar-refractivity contribution in [2.75, 3.05) is 52.4 Å². The van der Waals surface area contributed by atoms with Crippen LogP contribution in [0.15, 0.2) is 0 Å². The average Bonchev–Trinajstić information content (AvgIpc) is 2.56. The van der Waals surface area contributed by atoms with Crippen molar-refractivity contribution in [1.82, 2.24) is 20.4 Å². The van der Waals surface area contributed by atoms with Crippen LogP contribution in [0.1, 0.15) is 59.8 Å². The van der Waals surface area contributed by atoms with Crippen molar-refractivity contribution in [3.63, 3.8) is 0 Å². The molecule has 4 heteroatoms. The summed E-state index contributed by atoms with van der Waals surface area (Å²) < 4.78 is 0. The number of nitrogens with zero attached hydrogens (tertiary/aromatic N) is 2. The zero-order valence-electron chi connectivity index (χ0n) is 16.2. The number of rotatable bonds is 15. The van der Waals surface area contributed by atoms with Gasteiger partial charge in [0.15, 0.2) is 0 Å². The summed E-state index contributed by atoms with van der Waals surface area (Å²) >= 11 is 0. The molecule has 1 aliphatic carbocycles. The Kier molecular flexibility index (Phi) is 12.0. The minimum Gasteiger partial charge on any atom is -0.312 e. The van der Waals surface area contributed by atoms with E-state index in [0.29, 0.717) is 0 Å². The quantitative estimate of drug-likeness (QED) is 0.453. The van der Waals surface area contributed by atoms with Crippen LogP contribution in [0.4, 0.5) is 0 Å². The topological polar surface area (TPSA) is 30.5 Å². The fourth-order valence-corrected chi connectivity index (χ4v) is 3.41. The van der Waals surface area contributed by atoms with E-state index in [2.05, 4.69) is 48.1 Å². The normalized spacial score (nSPS) is 21.1. The van der Waals surface area contributed by atoms with Crippen LogP contribution in [0.5, 0.6) is 0 Å². The highest BCUT2D eigenvalue weighted by atomic mass is 15.1. The van der Waals surface area contributed by atoms with Gasteiger partial charge in [-0.15, -0.1) is 0 Å². The van der Waals surface area contributed by atoms with E-state index in [1.165, 1.54) is 84.5 Å². The Morgan fingerprint density at radius 2 is 1.09 bits per heavy atom. The Hall–Kier alpha value is -0.160. The van der Waals surface area contributed by atoms with Crippen LogP contribution < -0.4 is 10.6 Å². The lowest BCUT2D eigenvalue weighted by Crippen LogP contribution is -2.55.